The molecule has 0 atom stereocenters. The average molecular weight is 308 g/mol. The molecule has 0 spiro atoms. The number of halogens is 3. The lowest BCUT2D eigenvalue weighted by molar-refractivity contribution is -0.0328. The van der Waals surface area contributed by atoms with Crippen LogP contribution in [0.5, 0.6) is 0 Å². The van der Waals surface area contributed by atoms with Crippen LogP contribution in [0.3, 0.4) is 0 Å². The number of carbonyl (C=O) groups excluding carboxylic acids is 1. The molecular formula is C11H11F3N2OS2. The first-order valence-corrected chi connectivity index (χ1v) is 7.41. The van der Waals surface area contributed by atoms with Crippen LogP contribution < -0.4 is 5.32 Å². The van der Waals surface area contributed by atoms with Gasteiger partial charge in [0.15, 0.2) is 0 Å². The summed E-state index contributed by atoms with van der Waals surface area (Å²) < 4.78 is 36.4. The minimum atomic E-state index is -4.29. The molecule has 2 rings (SSSR count). The number of thioether (sulfide) groups is 2. The molecule has 19 heavy (non-hydrogen) atoms. The SMILES string of the molecule is O=C(Nc1ccc(SC(F)(F)F)cc1)N1CCSC1. The normalized spacial score (nSPS) is 15.6. The second kappa shape index (κ2) is 5.96. The van der Waals surface area contributed by atoms with Gasteiger partial charge in [-0.2, -0.15) is 13.2 Å². The highest BCUT2D eigenvalue weighted by molar-refractivity contribution is 8.00. The molecule has 1 aliphatic rings. The van der Waals surface area contributed by atoms with Crippen molar-refractivity contribution in [3.05, 3.63) is 24.3 Å². The average Bonchev–Trinajstić information content (AvgIpc) is 2.83. The number of hydrogen-bond acceptors (Lipinski definition) is 3. The lowest BCUT2D eigenvalue weighted by Gasteiger charge is -2.15. The van der Waals surface area contributed by atoms with Crippen molar-refractivity contribution in [1.29, 1.82) is 0 Å². The molecule has 0 unspecified atom stereocenters. The van der Waals surface area contributed by atoms with Gasteiger partial charge in [-0.05, 0) is 36.0 Å². The van der Waals surface area contributed by atoms with Gasteiger partial charge in [0.25, 0.3) is 0 Å². The number of urea groups is 1. The van der Waals surface area contributed by atoms with Crippen LogP contribution in [-0.2, 0) is 0 Å². The van der Waals surface area contributed by atoms with Gasteiger partial charge in [0.1, 0.15) is 0 Å². The molecule has 1 N–H and O–H groups in total. The van der Waals surface area contributed by atoms with E-state index in [1.54, 1.807) is 16.7 Å². The summed E-state index contributed by atoms with van der Waals surface area (Å²) in [5.41, 5.74) is -3.80. The summed E-state index contributed by atoms with van der Waals surface area (Å²) in [6.45, 7) is 0.693. The van der Waals surface area contributed by atoms with E-state index in [0.717, 1.165) is 5.75 Å². The molecule has 1 heterocycles. The van der Waals surface area contributed by atoms with Crippen molar-refractivity contribution in [3.8, 4) is 0 Å². The Balaban J connectivity index is 1.93. The topological polar surface area (TPSA) is 32.3 Å². The van der Waals surface area contributed by atoms with Crippen molar-refractivity contribution < 1.29 is 18.0 Å². The van der Waals surface area contributed by atoms with Gasteiger partial charge in [-0.25, -0.2) is 4.79 Å². The van der Waals surface area contributed by atoms with Crippen LogP contribution in [0.1, 0.15) is 0 Å². The number of hydrogen-bond donors (Lipinski definition) is 1. The minimum absolute atomic E-state index is 0.0993. The molecule has 0 aromatic heterocycles. The second-order valence-corrected chi connectivity index (χ2v) is 6.02. The molecule has 0 bridgehead atoms. The van der Waals surface area contributed by atoms with Gasteiger partial charge in [0.2, 0.25) is 0 Å². The number of alkyl halides is 3. The van der Waals surface area contributed by atoms with Crippen LogP contribution in [0.2, 0.25) is 0 Å². The summed E-state index contributed by atoms with van der Waals surface area (Å²) in [4.78, 5) is 13.5. The van der Waals surface area contributed by atoms with Crippen LogP contribution in [0.4, 0.5) is 23.7 Å². The highest BCUT2D eigenvalue weighted by Gasteiger charge is 2.29. The standard InChI is InChI=1S/C11H11F3N2OS2/c12-11(13,14)19-9-3-1-8(2-4-9)15-10(17)16-5-6-18-7-16/h1-4H,5-7H2,(H,15,17). The Morgan fingerprint density at radius 1 is 1.32 bits per heavy atom. The second-order valence-electron chi connectivity index (χ2n) is 3.80. The highest BCUT2D eigenvalue weighted by atomic mass is 32.2. The summed E-state index contributed by atoms with van der Waals surface area (Å²) >= 11 is 1.49. The number of anilines is 1. The number of amides is 2. The van der Waals surface area contributed by atoms with Gasteiger partial charge in [0, 0.05) is 22.9 Å². The highest BCUT2D eigenvalue weighted by Crippen LogP contribution is 2.37. The summed E-state index contributed by atoms with van der Waals surface area (Å²) in [6.07, 6.45) is 0. The molecule has 0 saturated carbocycles. The third kappa shape index (κ3) is 4.54. The zero-order valence-corrected chi connectivity index (χ0v) is 11.4. The van der Waals surface area contributed by atoms with Crippen LogP contribution in [0.15, 0.2) is 29.2 Å². The predicted molar refractivity (Wildman–Crippen MR) is 71.4 cm³/mol. The van der Waals surface area contributed by atoms with Crippen molar-refractivity contribution >= 4 is 35.2 Å². The molecule has 2 amide bonds. The molecule has 1 fully saturated rings. The molecule has 1 saturated heterocycles. The maximum atomic E-state index is 12.1. The summed E-state index contributed by atoms with van der Waals surface area (Å²) in [5.74, 6) is 1.56. The number of carbonyl (C=O) groups is 1. The Labute approximate surface area is 116 Å². The molecule has 1 aliphatic heterocycles. The van der Waals surface area contributed by atoms with E-state index in [2.05, 4.69) is 5.32 Å². The van der Waals surface area contributed by atoms with E-state index in [1.165, 1.54) is 24.3 Å². The van der Waals surface area contributed by atoms with Crippen molar-refractivity contribution in [2.75, 3.05) is 23.5 Å². The fraction of sp³-hybridized carbons (Fsp3) is 0.364. The molecule has 1 aromatic rings. The van der Waals surface area contributed by atoms with Crippen molar-refractivity contribution in [3.63, 3.8) is 0 Å². The lowest BCUT2D eigenvalue weighted by atomic mass is 10.3. The summed E-state index contributed by atoms with van der Waals surface area (Å²) in [7, 11) is 0. The molecule has 8 heteroatoms. The van der Waals surface area contributed by atoms with Crippen molar-refractivity contribution in [1.82, 2.24) is 4.90 Å². The van der Waals surface area contributed by atoms with Crippen molar-refractivity contribution in [2.45, 2.75) is 10.4 Å². The Bertz CT molecular complexity index is 444. The number of rotatable bonds is 2. The van der Waals surface area contributed by atoms with Crippen LogP contribution in [0.25, 0.3) is 0 Å². The molecule has 0 radical (unpaired) electrons. The quantitative estimate of drug-likeness (QED) is 0.843. The monoisotopic (exact) mass is 308 g/mol. The Kier molecular flexibility index (Phi) is 4.51. The van der Waals surface area contributed by atoms with E-state index < -0.39 is 5.51 Å². The molecule has 0 aliphatic carbocycles. The third-order valence-corrected chi connectivity index (χ3v) is 4.08. The van der Waals surface area contributed by atoms with E-state index in [9.17, 15) is 18.0 Å². The molecule has 3 nitrogen and oxygen atoms in total. The zero-order chi connectivity index (χ0) is 13.9. The fourth-order valence-corrected chi connectivity index (χ4v) is 3.00. The minimum Gasteiger partial charge on any atom is -0.314 e. The first kappa shape index (κ1) is 14.4. The maximum Gasteiger partial charge on any atom is 0.446 e. The Hall–Kier alpha value is -1.02. The van der Waals surface area contributed by atoms with Gasteiger partial charge >= 0.3 is 11.5 Å². The zero-order valence-electron chi connectivity index (χ0n) is 9.74. The number of nitrogens with zero attached hydrogens (tertiary/aromatic N) is 1. The number of benzene rings is 1. The molecular weight excluding hydrogens is 297 g/mol. The largest absolute Gasteiger partial charge is 0.446 e. The van der Waals surface area contributed by atoms with E-state index in [-0.39, 0.29) is 22.7 Å². The third-order valence-electron chi connectivity index (χ3n) is 2.38. The van der Waals surface area contributed by atoms with Crippen LogP contribution in [0, 0.1) is 0 Å². The molecule has 1 aromatic carbocycles. The van der Waals surface area contributed by atoms with Gasteiger partial charge in [-0.1, -0.05) is 0 Å². The Morgan fingerprint density at radius 2 is 2.00 bits per heavy atom. The predicted octanol–water partition coefficient (Wildman–Crippen LogP) is 3.84. The first-order valence-electron chi connectivity index (χ1n) is 5.43. The Morgan fingerprint density at radius 3 is 2.53 bits per heavy atom. The smallest absolute Gasteiger partial charge is 0.314 e. The first-order chi connectivity index (χ1) is 8.94. The van der Waals surface area contributed by atoms with Gasteiger partial charge in [0.05, 0.1) is 5.88 Å². The van der Waals surface area contributed by atoms with E-state index in [4.69, 9.17) is 0 Å². The van der Waals surface area contributed by atoms with E-state index in [0.29, 0.717) is 18.1 Å². The lowest BCUT2D eigenvalue weighted by Crippen LogP contribution is -2.32. The summed E-state index contributed by atoms with van der Waals surface area (Å²) in [5, 5.41) is 2.66. The number of nitrogens with one attached hydrogen (secondary N) is 1. The van der Waals surface area contributed by atoms with Gasteiger partial charge in [-0.15, -0.1) is 11.8 Å². The van der Waals surface area contributed by atoms with Crippen molar-refractivity contribution in [2.24, 2.45) is 0 Å². The van der Waals surface area contributed by atoms with E-state index >= 15 is 0 Å². The van der Waals surface area contributed by atoms with Gasteiger partial charge < -0.3 is 10.2 Å². The van der Waals surface area contributed by atoms with Crippen LogP contribution in [-0.4, -0.2) is 34.6 Å². The van der Waals surface area contributed by atoms with Crippen LogP contribution >= 0.6 is 23.5 Å². The van der Waals surface area contributed by atoms with E-state index in [1.807, 2.05) is 0 Å². The fourth-order valence-electron chi connectivity index (χ4n) is 1.52. The molecule has 104 valence electrons. The summed E-state index contributed by atoms with van der Waals surface area (Å²) in [6, 6.07) is 5.39. The maximum absolute atomic E-state index is 12.1. The van der Waals surface area contributed by atoms with Gasteiger partial charge in [-0.3, -0.25) is 0 Å².